The fourth-order valence-electron chi connectivity index (χ4n) is 3.54. The van der Waals surface area contributed by atoms with Crippen LogP contribution in [0.3, 0.4) is 0 Å². The van der Waals surface area contributed by atoms with E-state index in [2.05, 4.69) is 12.2 Å². The molecule has 0 unspecified atom stereocenters. The van der Waals surface area contributed by atoms with Crippen molar-refractivity contribution in [2.75, 3.05) is 71.4 Å². The van der Waals surface area contributed by atoms with Crippen LogP contribution in [0, 0.1) is 0 Å². The summed E-state index contributed by atoms with van der Waals surface area (Å²) < 4.78 is 70.9. The van der Waals surface area contributed by atoms with Crippen LogP contribution in [-0.4, -0.2) is 78.0 Å². The average molecular weight is 600 g/mol. The van der Waals surface area contributed by atoms with Gasteiger partial charge in [-0.1, -0.05) is 38.0 Å². The predicted octanol–water partition coefficient (Wildman–Crippen LogP) is 5.80. The van der Waals surface area contributed by atoms with Gasteiger partial charge in [0.25, 0.3) is 0 Å². The van der Waals surface area contributed by atoms with Crippen molar-refractivity contribution in [3.8, 4) is 0 Å². The zero-order valence-electron chi connectivity index (χ0n) is 23.9. The number of benzene rings is 2. The topological polar surface area (TPSA) is 102 Å². The van der Waals surface area contributed by atoms with E-state index in [0.717, 1.165) is 31.4 Å². The van der Waals surface area contributed by atoms with Crippen molar-refractivity contribution in [3.05, 3.63) is 59.7 Å². The van der Waals surface area contributed by atoms with Gasteiger partial charge in [-0.2, -0.15) is 13.2 Å². The van der Waals surface area contributed by atoms with Crippen molar-refractivity contribution in [2.45, 2.75) is 38.8 Å². The zero-order valence-corrected chi connectivity index (χ0v) is 23.9. The molecule has 0 heterocycles. The third-order valence-corrected chi connectivity index (χ3v) is 5.67. The Morgan fingerprint density at radius 3 is 1.88 bits per heavy atom. The molecule has 1 N–H and O–H groups in total. The number of alkyl halides is 3. The third-order valence-electron chi connectivity index (χ3n) is 5.67. The number of unbranched alkanes of at least 4 members (excludes halogenated alkanes) is 2. The van der Waals surface area contributed by atoms with E-state index in [9.17, 15) is 22.8 Å². The minimum Gasteiger partial charge on any atom is -0.463 e. The molecule has 42 heavy (non-hydrogen) atoms. The first kappa shape index (κ1) is 35.0. The van der Waals surface area contributed by atoms with E-state index in [4.69, 9.17) is 28.4 Å². The van der Waals surface area contributed by atoms with E-state index in [1.807, 2.05) is 0 Å². The van der Waals surface area contributed by atoms with Crippen LogP contribution >= 0.6 is 0 Å². The fourth-order valence-corrected chi connectivity index (χ4v) is 3.54. The number of carbonyl (C=O) groups excluding carboxylic acids is 2. The standard InChI is InChI=1S/C30H40F3NO8/c1-2-3-4-12-28(35)41-21-19-39-17-15-37-13-14-38-16-18-40-20-22-42-29(36)26-10-5-6-11-27(26)34-25-9-7-8-24(23-25)30(31,32)33/h5-11,23,34H,2-4,12-22H2,1H3. The van der Waals surface area contributed by atoms with Gasteiger partial charge in [0.15, 0.2) is 0 Å². The summed E-state index contributed by atoms with van der Waals surface area (Å²) in [5.74, 6) is -0.825. The summed E-state index contributed by atoms with van der Waals surface area (Å²) in [4.78, 5) is 24.0. The van der Waals surface area contributed by atoms with Gasteiger partial charge in [-0.3, -0.25) is 4.79 Å². The molecule has 0 saturated heterocycles. The largest absolute Gasteiger partial charge is 0.463 e. The normalized spacial score (nSPS) is 11.3. The Morgan fingerprint density at radius 1 is 0.714 bits per heavy atom. The minimum atomic E-state index is -4.47. The maximum absolute atomic E-state index is 13.0. The van der Waals surface area contributed by atoms with Gasteiger partial charge in [0, 0.05) is 12.1 Å². The first-order valence-electron chi connectivity index (χ1n) is 14.0. The van der Waals surface area contributed by atoms with E-state index in [1.54, 1.807) is 18.2 Å². The highest BCUT2D eigenvalue weighted by Crippen LogP contribution is 2.32. The maximum Gasteiger partial charge on any atom is 0.416 e. The van der Waals surface area contributed by atoms with E-state index in [1.165, 1.54) is 18.2 Å². The van der Waals surface area contributed by atoms with Crippen LogP contribution in [0.4, 0.5) is 24.5 Å². The quantitative estimate of drug-likeness (QED) is 0.133. The molecule has 0 aliphatic rings. The zero-order chi connectivity index (χ0) is 30.5. The molecular formula is C30H40F3NO8. The fraction of sp³-hybridized carbons (Fsp3) is 0.533. The van der Waals surface area contributed by atoms with Gasteiger partial charge in [-0.15, -0.1) is 0 Å². The molecule has 0 fully saturated rings. The molecule has 2 rings (SSSR count). The first-order valence-corrected chi connectivity index (χ1v) is 14.0. The van der Waals surface area contributed by atoms with Crippen LogP contribution in [0.1, 0.15) is 48.5 Å². The molecule has 0 aromatic heterocycles. The lowest BCUT2D eigenvalue weighted by Gasteiger charge is -2.13. The van der Waals surface area contributed by atoms with Crippen LogP contribution in [-0.2, 0) is 39.4 Å². The number of nitrogens with one attached hydrogen (secondary N) is 1. The number of halogens is 3. The summed E-state index contributed by atoms with van der Waals surface area (Å²) in [5, 5.41) is 2.85. The molecule has 234 valence electrons. The smallest absolute Gasteiger partial charge is 0.416 e. The highest BCUT2D eigenvalue weighted by atomic mass is 19.4. The SMILES string of the molecule is CCCCCC(=O)OCCOCCOCCOCCOCCOC(=O)c1ccccc1Nc1cccc(C(F)(F)F)c1. The Bertz CT molecular complexity index is 1050. The van der Waals surface area contributed by atoms with Gasteiger partial charge in [-0.05, 0) is 36.8 Å². The van der Waals surface area contributed by atoms with Gasteiger partial charge in [0.2, 0.25) is 0 Å². The number of rotatable bonds is 22. The van der Waals surface area contributed by atoms with Crippen LogP contribution in [0.5, 0.6) is 0 Å². The average Bonchev–Trinajstić information content (AvgIpc) is 2.97. The molecule has 0 amide bonds. The molecule has 0 bridgehead atoms. The molecule has 0 aliphatic carbocycles. The van der Waals surface area contributed by atoms with Crippen LogP contribution in [0.15, 0.2) is 48.5 Å². The predicted molar refractivity (Wildman–Crippen MR) is 150 cm³/mol. The highest BCUT2D eigenvalue weighted by Gasteiger charge is 2.30. The van der Waals surface area contributed by atoms with Crippen molar-refractivity contribution in [1.82, 2.24) is 0 Å². The lowest BCUT2D eigenvalue weighted by Crippen LogP contribution is -2.15. The number of carbonyl (C=O) groups is 2. The first-order chi connectivity index (χ1) is 20.3. The number of ether oxygens (including phenoxy) is 6. The lowest BCUT2D eigenvalue weighted by molar-refractivity contribution is -0.145. The van der Waals surface area contributed by atoms with Crippen LogP contribution < -0.4 is 5.32 Å². The van der Waals surface area contributed by atoms with Crippen molar-refractivity contribution >= 4 is 23.3 Å². The number of esters is 2. The molecule has 0 saturated carbocycles. The van der Waals surface area contributed by atoms with Gasteiger partial charge in [0.05, 0.1) is 69.7 Å². The Morgan fingerprint density at radius 2 is 1.29 bits per heavy atom. The number of anilines is 2. The number of para-hydroxylation sites is 1. The van der Waals surface area contributed by atoms with Gasteiger partial charge in [0.1, 0.15) is 13.2 Å². The van der Waals surface area contributed by atoms with Crippen molar-refractivity contribution in [2.24, 2.45) is 0 Å². The highest BCUT2D eigenvalue weighted by molar-refractivity contribution is 5.96. The monoisotopic (exact) mass is 599 g/mol. The summed E-state index contributed by atoms with van der Waals surface area (Å²) in [6.07, 6.45) is -1.10. The molecule has 12 heteroatoms. The second-order valence-electron chi connectivity index (χ2n) is 9.01. The van der Waals surface area contributed by atoms with Gasteiger partial charge < -0.3 is 33.7 Å². The summed E-state index contributed by atoms with van der Waals surface area (Å²) in [7, 11) is 0. The van der Waals surface area contributed by atoms with Crippen LogP contribution in [0.2, 0.25) is 0 Å². The maximum atomic E-state index is 13.0. The molecule has 2 aromatic carbocycles. The Labute approximate surface area is 244 Å². The molecule has 0 spiro atoms. The van der Waals surface area contributed by atoms with E-state index in [0.29, 0.717) is 58.4 Å². The van der Waals surface area contributed by atoms with E-state index >= 15 is 0 Å². The molecule has 9 nitrogen and oxygen atoms in total. The van der Waals surface area contributed by atoms with E-state index < -0.39 is 17.7 Å². The second-order valence-corrected chi connectivity index (χ2v) is 9.01. The van der Waals surface area contributed by atoms with Gasteiger partial charge in [-0.25, -0.2) is 4.79 Å². The van der Waals surface area contributed by atoms with E-state index in [-0.39, 0.29) is 37.0 Å². The van der Waals surface area contributed by atoms with Crippen molar-refractivity contribution in [3.63, 3.8) is 0 Å². The molecular weight excluding hydrogens is 559 g/mol. The lowest BCUT2D eigenvalue weighted by atomic mass is 10.1. The molecule has 0 radical (unpaired) electrons. The second kappa shape index (κ2) is 20.6. The number of hydrogen-bond acceptors (Lipinski definition) is 9. The number of hydrogen-bond donors (Lipinski definition) is 1. The molecule has 0 atom stereocenters. The summed E-state index contributed by atoms with van der Waals surface area (Å²) in [6.45, 7) is 4.98. The molecule has 2 aromatic rings. The summed E-state index contributed by atoms with van der Waals surface area (Å²) in [5.41, 5.74) is -0.0928. The Balaban J connectivity index is 1.48. The third kappa shape index (κ3) is 15.2. The minimum absolute atomic E-state index is 0.00209. The summed E-state index contributed by atoms with van der Waals surface area (Å²) in [6, 6.07) is 11.1. The Kier molecular flexibility index (Phi) is 17.2. The Hall–Kier alpha value is -3.19. The van der Waals surface area contributed by atoms with Crippen molar-refractivity contribution in [1.29, 1.82) is 0 Å². The molecule has 0 aliphatic heterocycles. The summed E-state index contributed by atoms with van der Waals surface area (Å²) >= 11 is 0. The van der Waals surface area contributed by atoms with Crippen LogP contribution in [0.25, 0.3) is 0 Å². The van der Waals surface area contributed by atoms with Gasteiger partial charge >= 0.3 is 18.1 Å². The van der Waals surface area contributed by atoms with Crippen molar-refractivity contribution < 1.29 is 51.2 Å².